The molecule has 1 unspecified atom stereocenters. The monoisotopic (exact) mass is 369 g/mol. The van der Waals surface area contributed by atoms with Crippen molar-refractivity contribution >= 4 is 23.5 Å². The number of nitrogens with zero attached hydrogens (tertiary/aromatic N) is 3. The van der Waals surface area contributed by atoms with E-state index in [0.29, 0.717) is 16.9 Å². The van der Waals surface area contributed by atoms with Gasteiger partial charge in [-0.25, -0.2) is 0 Å². The molecule has 0 fully saturated rings. The molecule has 1 amide bonds. The van der Waals surface area contributed by atoms with Gasteiger partial charge >= 0.3 is 5.97 Å². The number of nitro benzene ring substituents is 1. The number of hydrogen-bond acceptors (Lipinski definition) is 7. The van der Waals surface area contributed by atoms with Crippen molar-refractivity contribution in [3.8, 4) is 5.75 Å². The van der Waals surface area contributed by atoms with Crippen molar-refractivity contribution in [2.24, 2.45) is 5.10 Å². The Morgan fingerprint density at radius 1 is 1.11 bits per heavy atom. The average Bonchev–Trinajstić information content (AvgIpc) is 3.07. The second-order valence-corrected chi connectivity index (χ2v) is 5.71. The Balaban J connectivity index is 1.84. The number of rotatable bonds is 4. The van der Waals surface area contributed by atoms with E-state index in [0.717, 1.165) is 0 Å². The lowest BCUT2D eigenvalue weighted by molar-refractivity contribution is -0.384. The second kappa shape index (κ2) is 7.24. The number of nitro groups is 1. The number of esters is 1. The van der Waals surface area contributed by atoms with Crippen LogP contribution in [0.25, 0.3) is 0 Å². The van der Waals surface area contributed by atoms with Crippen molar-refractivity contribution in [2.75, 3.05) is 0 Å². The third-order valence-corrected chi connectivity index (χ3v) is 3.72. The summed E-state index contributed by atoms with van der Waals surface area (Å²) in [5.41, 5.74) is 1.08. The Morgan fingerprint density at radius 2 is 1.74 bits per heavy atom. The van der Waals surface area contributed by atoms with Gasteiger partial charge in [0.15, 0.2) is 0 Å². The van der Waals surface area contributed by atoms with Gasteiger partial charge in [0.2, 0.25) is 18.0 Å². The van der Waals surface area contributed by atoms with Crippen LogP contribution in [0.3, 0.4) is 0 Å². The van der Waals surface area contributed by atoms with Gasteiger partial charge in [-0.3, -0.25) is 19.7 Å². The minimum absolute atomic E-state index is 0.0571. The molecule has 1 atom stereocenters. The molecule has 0 aliphatic carbocycles. The molecule has 3 rings (SSSR count). The average molecular weight is 369 g/mol. The largest absolute Gasteiger partial charge is 0.446 e. The summed E-state index contributed by atoms with van der Waals surface area (Å²) < 4.78 is 10.8. The van der Waals surface area contributed by atoms with E-state index < -0.39 is 17.1 Å². The van der Waals surface area contributed by atoms with E-state index in [2.05, 4.69) is 5.10 Å². The summed E-state index contributed by atoms with van der Waals surface area (Å²) in [6, 6.07) is 12.2. The van der Waals surface area contributed by atoms with Gasteiger partial charge in [-0.15, -0.1) is 5.10 Å². The molecular weight excluding hydrogens is 354 g/mol. The van der Waals surface area contributed by atoms with Gasteiger partial charge in [-0.1, -0.05) is 0 Å². The Labute approximate surface area is 154 Å². The Bertz CT molecular complexity index is 921. The predicted molar refractivity (Wildman–Crippen MR) is 93.7 cm³/mol. The molecule has 1 aliphatic rings. The molecule has 1 heterocycles. The molecule has 1 aliphatic heterocycles. The van der Waals surface area contributed by atoms with Crippen LogP contribution < -0.4 is 4.74 Å². The fourth-order valence-electron chi connectivity index (χ4n) is 2.49. The van der Waals surface area contributed by atoms with Crippen LogP contribution in [0, 0.1) is 10.1 Å². The minimum Gasteiger partial charge on any atom is -0.446 e. The fraction of sp³-hybridized carbons (Fsp3) is 0.167. The normalized spacial score (nSPS) is 15.7. The Hall–Kier alpha value is -3.75. The molecule has 9 nitrogen and oxygen atoms in total. The van der Waals surface area contributed by atoms with Gasteiger partial charge in [0.05, 0.1) is 4.92 Å². The molecule has 0 saturated heterocycles. The first-order valence-corrected chi connectivity index (χ1v) is 7.93. The van der Waals surface area contributed by atoms with Crippen LogP contribution in [0.2, 0.25) is 0 Å². The minimum atomic E-state index is -0.793. The zero-order valence-electron chi connectivity index (χ0n) is 14.5. The van der Waals surface area contributed by atoms with Gasteiger partial charge in [-0.05, 0) is 36.4 Å². The number of carbonyl (C=O) groups is 2. The zero-order valence-corrected chi connectivity index (χ0v) is 14.5. The lowest BCUT2D eigenvalue weighted by atomic mass is 10.2. The fourth-order valence-corrected chi connectivity index (χ4v) is 2.49. The summed E-state index contributed by atoms with van der Waals surface area (Å²) >= 11 is 0. The standard InChI is InChI=1S/C18H15N3O6/c1-11(22)20-18(14-5-9-16(10-6-14)26-12(2)23)27-17(19-20)13-3-7-15(8-4-13)21(24)25/h3-10,18H,1-2H3. The lowest BCUT2D eigenvalue weighted by Crippen LogP contribution is -2.25. The van der Waals surface area contributed by atoms with E-state index in [9.17, 15) is 19.7 Å². The number of amides is 1. The number of ether oxygens (including phenoxy) is 2. The van der Waals surface area contributed by atoms with Crippen molar-refractivity contribution in [1.82, 2.24) is 5.01 Å². The molecule has 0 N–H and O–H groups in total. The molecular formula is C18H15N3O6. The first kappa shape index (κ1) is 18.1. The molecule has 0 radical (unpaired) electrons. The molecule has 9 heteroatoms. The molecule has 0 saturated carbocycles. The first-order chi connectivity index (χ1) is 12.8. The maximum absolute atomic E-state index is 11.9. The smallest absolute Gasteiger partial charge is 0.308 e. The van der Waals surface area contributed by atoms with E-state index in [1.165, 1.54) is 43.1 Å². The van der Waals surface area contributed by atoms with Crippen LogP contribution in [0.15, 0.2) is 53.6 Å². The van der Waals surface area contributed by atoms with Crippen LogP contribution in [-0.4, -0.2) is 27.7 Å². The van der Waals surface area contributed by atoms with Gasteiger partial charge in [-0.2, -0.15) is 5.01 Å². The van der Waals surface area contributed by atoms with Gasteiger partial charge in [0.1, 0.15) is 5.75 Å². The van der Waals surface area contributed by atoms with E-state index in [1.807, 2.05) is 0 Å². The zero-order chi connectivity index (χ0) is 19.6. The highest BCUT2D eigenvalue weighted by molar-refractivity contribution is 5.96. The Kier molecular flexibility index (Phi) is 4.84. The highest BCUT2D eigenvalue weighted by Crippen LogP contribution is 2.31. The quantitative estimate of drug-likeness (QED) is 0.355. The molecule has 2 aromatic rings. The van der Waals surface area contributed by atoms with Gasteiger partial charge < -0.3 is 9.47 Å². The number of non-ortho nitro benzene ring substituents is 1. The number of hydrogen-bond donors (Lipinski definition) is 0. The van der Waals surface area contributed by atoms with E-state index >= 15 is 0 Å². The highest BCUT2D eigenvalue weighted by atomic mass is 16.6. The molecule has 0 spiro atoms. The van der Waals surface area contributed by atoms with Crippen molar-refractivity contribution < 1.29 is 24.0 Å². The van der Waals surface area contributed by atoms with Gasteiger partial charge in [0.25, 0.3) is 5.69 Å². The maximum Gasteiger partial charge on any atom is 0.308 e. The Morgan fingerprint density at radius 3 is 2.26 bits per heavy atom. The molecule has 138 valence electrons. The van der Waals surface area contributed by atoms with E-state index in [-0.39, 0.29) is 17.5 Å². The van der Waals surface area contributed by atoms with E-state index in [4.69, 9.17) is 9.47 Å². The van der Waals surface area contributed by atoms with Crippen molar-refractivity contribution in [3.63, 3.8) is 0 Å². The first-order valence-electron chi connectivity index (χ1n) is 7.93. The summed E-state index contributed by atoms with van der Waals surface area (Å²) in [6.45, 7) is 2.65. The van der Waals surface area contributed by atoms with Crippen molar-refractivity contribution in [2.45, 2.75) is 20.1 Å². The number of benzene rings is 2. The lowest BCUT2D eigenvalue weighted by Gasteiger charge is -2.19. The SMILES string of the molecule is CC(=O)Oc1ccc(C2OC(c3ccc([N+](=O)[O-])cc3)=NN2C(C)=O)cc1. The third-order valence-electron chi connectivity index (χ3n) is 3.72. The summed E-state index contributed by atoms with van der Waals surface area (Å²) in [6.07, 6.45) is -0.793. The van der Waals surface area contributed by atoms with Crippen LogP contribution >= 0.6 is 0 Å². The third kappa shape index (κ3) is 3.92. The summed E-state index contributed by atoms with van der Waals surface area (Å²) in [5, 5.41) is 16.1. The van der Waals surface area contributed by atoms with E-state index in [1.54, 1.807) is 24.3 Å². The van der Waals surface area contributed by atoms with Crippen LogP contribution in [0.1, 0.15) is 31.2 Å². The van der Waals surface area contributed by atoms with Crippen LogP contribution in [0.5, 0.6) is 5.75 Å². The maximum atomic E-state index is 11.9. The second-order valence-electron chi connectivity index (χ2n) is 5.71. The molecule has 27 heavy (non-hydrogen) atoms. The molecule has 2 aromatic carbocycles. The molecule has 0 bridgehead atoms. The van der Waals surface area contributed by atoms with Crippen LogP contribution in [0.4, 0.5) is 5.69 Å². The predicted octanol–water partition coefficient (Wildman–Crippen LogP) is 2.76. The van der Waals surface area contributed by atoms with Crippen molar-refractivity contribution in [3.05, 3.63) is 69.8 Å². The summed E-state index contributed by atoms with van der Waals surface area (Å²) in [5.74, 6) is -0.223. The van der Waals surface area contributed by atoms with Crippen LogP contribution in [-0.2, 0) is 14.3 Å². The number of carbonyl (C=O) groups excluding carboxylic acids is 2. The summed E-state index contributed by atoms with van der Waals surface area (Å²) in [7, 11) is 0. The number of hydrazone groups is 1. The highest BCUT2D eigenvalue weighted by Gasteiger charge is 2.33. The van der Waals surface area contributed by atoms with Crippen molar-refractivity contribution in [1.29, 1.82) is 0 Å². The molecule has 0 aromatic heterocycles. The topological polar surface area (TPSA) is 111 Å². The van der Waals surface area contributed by atoms with Gasteiger partial charge in [0, 0.05) is 37.1 Å². The summed E-state index contributed by atoms with van der Waals surface area (Å²) in [4.78, 5) is 33.2.